The van der Waals surface area contributed by atoms with E-state index in [9.17, 15) is 19.5 Å². The number of methoxy groups -OCH3 is 1. The Hall–Kier alpha value is -4.48. The van der Waals surface area contributed by atoms with Gasteiger partial charge < -0.3 is 20.5 Å². The second-order valence-electron chi connectivity index (χ2n) is 7.77. The van der Waals surface area contributed by atoms with E-state index in [0.717, 1.165) is 0 Å². The number of nitriles is 1. The summed E-state index contributed by atoms with van der Waals surface area (Å²) in [5, 5.41) is 25.3. The van der Waals surface area contributed by atoms with Crippen LogP contribution in [-0.2, 0) is 20.7 Å². The SMILES string of the molecule is COC(=O)[C@@H](Cc1cccc(C#N)c1)NC(=O)[C@H](O)[C@@H](NC(=O)c1ccccc1)c1ccccc1. The lowest BCUT2D eigenvalue weighted by atomic mass is 9.99. The summed E-state index contributed by atoms with van der Waals surface area (Å²) in [5.41, 5.74) is 1.91. The topological polar surface area (TPSA) is 129 Å². The fraction of sp³-hybridized carbons (Fsp3) is 0.185. The number of nitrogens with zero attached hydrogens (tertiary/aromatic N) is 1. The van der Waals surface area contributed by atoms with Crippen LogP contribution in [0.4, 0.5) is 0 Å². The highest BCUT2D eigenvalue weighted by molar-refractivity contribution is 5.95. The zero-order valence-electron chi connectivity index (χ0n) is 19.0. The zero-order valence-corrected chi connectivity index (χ0v) is 19.0. The van der Waals surface area contributed by atoms with Gasteiger partial charge in [-0.2, -0.15) is 5.26 Å². The summed E-state index contributed by atoms with van der Waals surface area (Å²) in [7, 11) is 1.19. The third-order valence-corrected chi connectivity index (χ3v) is 5.36. The van der Waals surface area contributed by atoms with Gasteiger partial charge in [0.05, 0.1) is 24.8 Å². The summed E-state index contributed by atoms with van der Waals surface area (Å²) < 4.78 is 4.82. The van der Waals surface area contributed by atoms with Crippen LogP contribution >= 0.6 is 0 Å². The van der Waals surface area contributed by atoms with Gasteiger partial charge in [0.25, 0.3) is 11.8 Å². The van der Waals surface area contributed by atoms with E-state index in [4.69, 9.17) is 10.00 Å². The van der Waals surface area contributed by atoms with Gasteiger partial charge >= 0.3 is 5.97 Å². The van der Waals surface area contributed by atoms with E-state index in [1.807, 2.05) is 6.07 Å². The van der Waals surface area contributed by atoms with Crippen LogP contribution in [0.2, 0.25) is 0 Å². The molecule has 0 aromatic heterocycles. The number of esters is 1. The summed E-state index contributed by atoms with van der Waals surface area (Å²) in [6.45, 7) is 0. The van der Waals surface area contributed by atoms with Crippen LogP contribution in [0.25, 0.3) is 0 Å². The summed E-state index contributed by atoms with van der Waals surface area (Å²) in [5.74, 6) is -2.04. The Morgan fingerprint density at radius 2 is 1.60 bits per heavy atom. The molecule has 0 saturated carbocycles. The minimum absolute atomic E-state index is 0.0486. The maximum atomic E-state index is 13.0. The average Bonchev–Trinajstić information content (AvgIpc) is 2.91. The summed E-state index contributed by atoms with van der Waals surface area (Å²) in [4.78, 5) is 38.2. The number of carbonyl (C=O) groups excluding carboxylic acids is 3. The van der Waals surface area contributed by atoms with Crippen molar-refractivity contribution in [2.75, 3.05) is 7.11 Å². The average molecular weight is 472 g/mol. The van der Waals surface area contributed by atoms with Crippen LogP contribution in [0.1, 0.15) is 33.1 Å². The molecule has 35 heavy (non-hydrogen) atoms. The highest BCUT2D eigenvalue weighted by Gasteiger charge is 2.32. The van der Waals surface area contributed by atoms with Gasteiger partial charge in [0, 0.05) is 12.0 Å². The third-order valence-electron chi connectivity index (χ3n) is 5.36. The quantitative estimate of drug-likeness (QED) is 0.411. The minimum Gasteiger partial charge on any atom is -0.467 e. The lowest BCUT2D eigenvalue weighted by molar-refractivity contribution is -0.146. The van der Waals surface area contributed by atoms with Crippen LogP contribution in [0.15, 0.2) is 84.9 Å². The Kier molecular flexibility index (Phi) is 8.70. The lowest BCUT2D eigenvalue weighted by Gasteiger charge is -2.26. The molecule has 0 fully saturated rings. The number of hydrogen-bond donors (Lipinski definition) is 3. The fourth-order valence-electron chi connectivity index (χ4n) is 3.57. The molecule has 0 unspecified atom stereocenters. The van der Waals surface area contributed by atoms with E-state index >= 15 is 0 Å². The molecular formula is C27H25N3O5. The van der Waals surface area contributed by atoms with E-state index in [0.29, 0.717) is 22.3 Å². The number of aliphatic hydroxyl groups is 1. The van der Waals surface area contributed by atoms with Gasteiger partial charge in [-0.3, -0.25) is 9.59 Å². The molecule has 0 saturated heterocycles. The Morgan fingerprint density at radius 1 is 0.943 bits per heavy atom. The Morgan fingerprint density at radius 3 is 2.23 bits per heavy atom. The van der Waals surface area contributed by atoms with Crippen LogP contribution < -0.4 is 10.6 Å². The molecule has 2 amide bonds. The molecule has 0 spiro atoms. The van der Waals surface area contributed by atoms with Crippen LogP contribution in [0.3, 0.4) is 0 Å². The molecule has 8 nitrogen and oxygen atoms in total. The van der Waals surface area contributed by atoms with Gasteiger partial charge in [-0.05, 0) is 35.4 Å². The van der Waals surface area contributed by atoms with E-state index in [-0.39, 0.29) is 6.42 Å². The molecule has 0 aliphatic heterocycles. The van der Waals surface area contributed by atoms with Crippen molar-refractivity contribution in [3.8, 4) is 6.07 Å². The zero-order chi connectivity index (χ0) is 25.2. The smallest absolute Gasteiger partial charge is 0.328 e. The molecule has 3 rings (SSSR count). The predicted molar refractivity (Wildman–Crippen MR) is 128 cm³/mol. The first-order valence-electron chi connectivity index (χ1n) is 10.9. The van der Waals surface area contributed by atoms with Crippen molar-refractivity contribution in [3.63, 3.8) is 0 Å². The number of amides is 2. The lowest BCUT2D eigenvalue weighted by Crippen LogP contribution is -2.51. The van der Waals surface area contributed by atoms with E-state index in [2.05, 4.69) is 10.6 Å². The number of aliphatic hydroxyl groups excluding tert-OH is 1. The molecule has 178 valence electrons. The third kappa shape index (κ3) is 6.76. The number of hydrogen-bond acceptors (Lipinski definition) is 6. The highest BCUT2D eigenvalue weighted by atomic mass is 16.5. The Labute approximate surface area is 203 Å². The second kappa shape index (κ2) is 12.1. The summed E-state index contributed by atoms with van der Waals surface area (Å²) in [6, 6.07) is 23.4. The number of nitrogens with one attached hydrogen (secondary N) is 2. The van der Waals surface area contributed by atoms with Crippen LogP contribution in [0, 0.1) is 11.3 Å². The van der Waals surface area contributed by atoms with Crippen molar-refractivity contribution in [1.82, 2.24) is 10.6 Å². The first-order valence-corrected chi connectivity index (χ1v) is 10.9. The monoisotopic (exact) mass is 471 g/mol. The highest BCUT2D eigenvalue weighted by Crippen LogP contribution is 2.19. The van der Waals surface area contributed by atoms with Gasteiger partial charge in [0.1, 0.15) is 6.04 Å². The molecular weight excluding hydrogens is 446 g/mol. The van der Waals surface area contributed by atoms with Crippen LogP contribution in [-0.4, -0.2) is 42.1 Å². The normalized spacial score (nSPS) is 12.9. The maximum absolute atomic E-state index is 13.0. The van der Waals surface area contributed by atoms with Crippen molar-refractivity contribution in [1.29, 1.82) is 5.26 Å². The number of ether oxygens (including phenoxy) is 1. The number of benzene rings is 3. The molecule has 3 aromatic rings. The molecule has 8 heteroatoms. The van der Waals surface area contributed by atoms with Gasteiger partial charge in [0.15, 0.2) is 6.10 Å². The van der Waals surface area contributed by atoms with E-state index in [1.54, 1.807) is 84.9 Å². The first-order chi connectivity index (χ1) is 16.9. The van der Waals surface area contributed by atoms with Gasteiger partial charge in [-0.1, -0.05) is 60.7 Å². The van der Waals surface area contributed by atoms with Crippen LogP contribution in [0.5, 0.6) is 0 Å². The molecule has 3 atom stereocenters. The van der Waals surface area contributed by atoms with Gasteiger partial charge in [-0.15, -0.1) is 0 Å². The Bertz CT molecular complexity index is 1210. The predicted octanol–water partition coefficient (Wildman–Crippen LogP) is 2.29. The summed E-state index contributed by atoms with van der Waals surface area (Å²) in [6.07, 6.45) is -1.66. The van der Waals surface area contributed by atoms with Crippen molar-refractivity contribution in [2.45, 2.75) is 24.6 Å². The molecule has 0 radical (unpaired) electrons. The minimum atomic E-state index is -1.71. The Balaban J connectivity index is 1.81. The van der Waals surface area contributed by atoms with Gasteiger partial charge in [0.2, 0.25) is 0 Å². The summed E-state index contributed by atoms with van der Waals surface area (Å²) >= 11 is 0. The maximum Gasteiger partial charge on any atom is 0.328 e. The van der Waals surface area contributed by atoms with Crippen molar-refractivity contribution >= 4 is 17.8 Å². The fourth-order valence-corrected chi connectivity index (χ4v) is 3.57. The molecule has 3 N–H and O–H groups in total. The molecule has 0 aliphatic carbocycles. The van der Waals surface area contributed by atoms with Crippen molar-refractivity contribution in [2.24, 2.45) is 0 Å². The van der Waals surface area contributed by atoms with Gasteiger partial charge in [-0.25, -0.2) is 4.79 Å². The first kappa shape index (κ1) is 25.1. The molecule has 0 bridgehead atoms. The molecule has 0 aliphatic rings. The van der Waals surface area contributed by atoms with Crippen molar-refractivity contribution in [3.05, 3.63) is 107 Å². The van der Waals surface area contributed by atoms with E-state index in [1.165, 1.54) is 7.11 Å². The molecule has 3 aromatic carbocycles. The van der Waals surface area contributed by atoms with Crippen molar-refractivity contribution < 1.29 is 24.2 Å². The largest absolute Gasteiger partial charge is 0.467 e. The number of rotatable bonds is 9. The van der Waals surface area contributed by atoms with E-state index < -0.39 is 36.0 Å². The standard InChI is InChI=1S/C27H25N3O5/c1-35-27(34)22(16-18-9-8-10-19(15-18)17-28)29-26(33)24(31)23(20-11-4-2-5-12-20)30-25(32)21-13-6-3-7-14-21/h2-15,22-24,31H,16H2,1H3,(H,29,33)(H,30,32)/t22-,23+,24-/m1/s1. The second-order valence-corrected chi connectivity index (χ2v) is 7.77. The number of carbonyl (C=O) groups is 3. The molecule has 0 heterocycles.